The Kier molecular flexibility index (Phi) is 5.05. The minimum Gasteiger partial charge on any atom is -0.469 e. The van der Waals surface area contributed by atoms with Crippen molar-refractivity contribution < 1.29 is 14.6 Å². The Bertz CT molecular complexity index is 208. The van der Waals surface area contributed by atoms with Crippen molar-refractivity contribution in [2.45, 2.75) is 32.2 Å². The molecule has 2 atom stereocenters. The summed E-state index contributed by atoms with van der Waals surface area (Å²) >= 11 is 0. The van der Waals surface area contributed by atoms with Crippen molar-refractivity contribution in [3.8, 4) is 0 Å². The van der Waals surface area contributed by atoms with E-state index < -0.39 is 0 Å². The van der Waals surface area contributed by atoms with Crippen molar-refractivity contribution in [2.75, 3.05) is 26.8 Å². The van der Waals surface area contributed by atoms with Gasteiger partial charge in [0, 0.05) is 19.2 Å². The van der Waals surface area contributed by atoms with Gasteiger partial charge in [0.15, 0.2) is 0 Å². The van der Waals surface area contributed by atoms with Crippen LogP contribution in [0.5, 0.6) is 0 Å². The zero-order chi connectivity index (χ0) is 11.3. The predicted octanol–water partition coefficient (Wildman–Crippen LogP) is 0.642. The highest BCUT2D eigenvalue weighted by Crippen LogP contribution is 2.19. The molecule has 0 spiro atoms. The van der Waals surface area contributed by atoms with Crippen molar-refractivity contribution in [2.24, 2.45) is 5.92 Å². The van der Waals surface area contributed by atoms with Gasteiger partial charge in [0.25, 0.3) is 0 Å². The molecular formula is C11H21NO3. The van der Waals surface area contributed by atoms with Gasteiger partial charge in [0.05, 0.1) is 13.5 Å². The molecule has 4 heteroatoms. The SMILES string of the molecule is COC(=O)CC(C)N1CCCC(CO)C1. The normalized spacial score (nSPS) is 24.9. The second kappa shape index (κ2) is 6.08. The summed E-state index contributed by atoms with van der Waals surface area (Å²) in [6.45, 7) is 4.21. The lowest BCUT2D eigenvalue weighted by Crippen LogP contribution is -2.43. The average molecular weight is 215 g/mol. The molecule has 0 radical (unpaired) electrons. The number of likely N-dealkylation sites (tertiary alicyclic amines) is 1. The molecule has 88 valence electrons. The number of esters is 1. The van der Waals surface area contributed by atoms with Crippen molar-refractivity contribution in [3.63, 3.8) is 0 Å². The van der Waals surface area contributed by atoms with E-state index in [1.807, 2.05) is 6.92 Å². The number of rotatable bonds is 4. The second-order valence-corrected chi connectivity index (χ2v) is 4.32. The summed E-state index contributed by atoms with van der Waals surface area (Å²) in [7, 11) is 1.42. The Morgan fingerprint density at radius 1 is 1.67 bits per heavy atom. The molecule has 0 amide bonds. The van der Waals surface area contributed by atoms with Gasteiger partial charge in [0.2, 0.25) is 0 Å². The molecule has 1 saturated heterocycles. The molecule has 0 aromatic carbocycles. The van der Waals surface area contributed by atoms with Crippen molar-refractivity contribution in [1.29, 1.82) is 0 Å². The highest BCUT2D eigenvalue weighted by molar-refractivity contribution is 5.69. The van der Waals surface area contributed by atoms with Crippen LogP contribution in [0.1, 0.15) is 26.2 Å². The number of nitrogens with zero attached hydrogens (tertiary/aromatic N) is 1. The lowest BCUT2D eigenvalue weighted by Gasteiger charge is -2.35. The van der Waals surface area contributed by atoms with Crippen molar-refractivity contribution in [3.05, 3.63) is 0 Å². The van der Waals surface area contributed by atoms with Gasteiger partial charge >= 0.3 is 5.97 Å². The molecule has 1 rings (SSSR count). The zero-order valence-electron chi connectivity index (χ0n) is 9.61. The summed E-state index contributed by atoms with van der Waals surface area (Å²) in [5, 5.41) is 9.10. The number of aliphatic hydroxyl groups is 1. The monoisotopic (exact) mass is 215 g/mol. The van der Waals surface area contributed by atoms with Crippen molar-refractivity contribution in [1.82, 2.24) is 4.90 Å². The summed E-state index contributed by atoms with van der Waals surface area (Å²) in [4.78, 5) is 13.4. The van der Waals surface area contributed by atoms with Crippen molar-refractivity contribution >= 4 is 5.97 Å². The van der Waals surface area contributed by atoms with Crippen LogP contribution in [0.25, 0.3) is 0 Å². The van der Waals surface area contributed by atoms with E-state index in [1.54, 1.807) is 0 Å². The Morgan fingerprint density at radius 2 is 2.40 bits per heavy atom. The Hall–Kier alpha value is -0.610. The van der Waals surface area contributed by atoms with Gasteiger partial charge in [0.1, 0.15) is 0 Å². The molecule has 0 bridgehead atoms. The second-order valence-electron chi connectivity index (χ2n) is 4.32. The molecule has 1 aliphatic heterocycles. The van der Waals surface area contributed by atoms with E-state index in [2.05, 4.69) is 9.64 Å². The summed E-state index contributed by atoms with van der Waals surface area (Å²) in [5.74, 6) is 0.215. The van der Waals surface area contributed by atoms with Crippen LogP contribution < -0.4 is 0 Å². The molecule has 1 fully saturated rings. The molecule has 1 N–H and O–H groups in total. The molecule has 2 unspecified atom stereocenters. The Morgan fingerprint density at radius 3 is 3.00 bits per heavy atom. The van der Waals surface area contributed by atoms with Gasteiger partial charge < -0.3 is 9.84 Å². The fraction of sp³-hybridized carbons (Fsp3) is 0.909. The van der Waals surface area contributed by atoms with Gasteiger partial charge in [-0.1, -0.05) is 0 Å². The number of methoxy groups -OCH3 is 1. The van der Waals surface area contributed by atoms with E-state index >= 15 is 0 Å². The number of piperidine rings is 1. The molecule has 0 aromatic rings. The van der Waals surface area contributed by atoms with Crippen LogP contribution in [0, 0.1) is 5.92 Å². The molecule has 0 aromatic heterocycles. The molecule has 0 saturated carbocycles. The molecule has 1 aliphatic rings. The highest BCUT2D eigenvalue weighted by atomic mass is 16.5. The van der Waals surface area contributed by atoms with Gasteiger partial charge in [-0.15, -0.1) is 0 Å². The maximum Gasteiger partial charge on any atom is 0.307 e. The lowest BCUT2D eigenvalue weighted by molar-refractivity contribution is -0.142. The van der Waals surface area contributed by atoms with E-state index in [1.165, 1.54) is 7.11 Å². The lowest BCUT2D eigenvalue weighted by atomic mass is 9.97. The van der Waals surface area contributed by atoms with Gasteiger partial charge in [-0.2, -0.15) is 0 Å². The first-order valence-corrected chi connectivity index (χ1v) is 5.59. The quantitative estimate of drug-likeness (QED) is 0.699. The van der Waals surface area contributed by atoms with Crippen LogP contribution in [-0.2, 0) is 9.53 Å². The fourth-order valence-electron chi connectivity index (χ4n) is 2.10. The maximum atomic E-state index is 11.1. The van der Waals surface area contributed by atoms with Crippen LogP contribution in [0.3, 0.4) is 0 Å². The standard InChI is InChI=1S/C11H21NO3/c1-9(6-11(14)15-2)12-5-3-4-10(7-12)8-13/h9-10,13H,3-8H2,1-2H3. The largest absolute Gasteiger partial charge is 0.469 e. The van der Waals surface area contributed by atoms with E-state index in [0.29, 0.717) is 12.3 Å². The number of aliphatic hydroxyl groups excluding tert-OH is 1. The summed E-state index contributed by atoms with van der Waals surface area (Å²) < 4.78 is 4.65. The third-order valence-electron chi connectivity index (χ3n) is 3.12. The number of hydrogen-bond donors (Lipinski definition) is 1. The molecule has 4 nitrogen and oxygen atoms in total. The Labute approximate surface area is 91.2 Å². The third-order valence-corrected chi connectivity index (χ3v) is 3.12. The number of carbonyl (C=O) groups is 1. The predicted molar refractivity (Wildman–Crippen MR) is 57.5 cm³/mol. The number of ether oxygens (including phenoxy) is 1. The maximum absolute atomic E-state index is 11.1. The average Bonchev–Trinajstić information content (AvgIpc) is 2.28. The topological polar surface area (TPSA) is 49.8 Å². The summed E-state index contributed by atoms with van der Waals surface area (Å²) in [6.07, 6.45) is 2.64. The van der Waals surface area contributed by atoms with Gasteiger partial charge in [-0.05, 0) is 32.2 Å². The summed E-state index contributed by atoms with van der Waals surface area (Å²) in [6, 6.07) is 0.215. The van der Waals surface area contributed by atoms with Gasteiger partial charge in [-0.25, -0.2) is 0 Å². The van der Waals surface area contributed by atoms with Crippen LogP contribution in [0.2, 0.25) is 0 Å². The van der Waals surface area contributed by atoms with Gasteiger partial charge in [-0.3, -0.25) is 9.69 Å². The minimum atomic E-state index is -0.159. The smallest absolute Gasteiger partial charge is 0.307 e. The van der Waals surface area contributed by atoms with E-state index in [-0.39, 0.29) is 18.6 Å². The first-order chi connectivity index (χ1) is 7.17. The molecular weight excluding hydrogens is 194 g/mol. The molecule has 1 heterocycles. The van der Waals surface area contributed by atoms with E-state index in [9.17, 15) is 4.79 Å². The summed E-state index contributed by atoms with van der Waals surface area (Å²) in [5.41, 5.74) is 0. The van der Waals surface area contributed by atoms with E-state index in [0.717, 1.165) is 25.9 Å². The van der Waals surface area contributed by atoms with E-state index in [4.69, 9.17) is 5.11 Å². The van der Waals surface area contributed by atoms with Crippen LogP contribution in [0.15, 0.2) is 0 Å². The highest BCUT2D eigenvalue weighted by Gasteiger charge is 2.24. The fourth-order valence-corrected chi connectivity index (χ4v) is 2.10. The minimum absolute atomic E-state index is 0.159. The number of hydrogen-bond acceptors (Lipinski definition) is 4. The third kappa shape index (κ3) is 3.80. The first kappa shape index (κ1) is 12.5. The van der Waals surface area contributed by atoms with Crippen LogP contribution in [0.4, 0.5) is 0 Å². The first-order valence-electron chi connectivity index (χ1n) is 5.59. The van der Waals surface area contributed by atoms with Crippen LogP contribution in [-0.4, -0.2) is 48.8 Å². The Balaban J connectivity index is 2.37. The molecule has 15 heavy (non-hydrogen) atoms. The van der Waals surface area contributed by atoms with Crippen LogP contribution >= 0.6 is 0 Å². The zero-order valence-corrected chi connectivity index (χ0v) is 9.61. The molecule has 0 aliphatic carbocycles. The number of carbonyl (C=O) groups excluding carboxylic acids is 1.